The number of nitrogens with one attached hydrogen (secondary N) is 1. The van der Waals surface area contributed by atoms with Gasteiger partial charge in [0.15, 0.2) is 0 Å². The second-order valence-electron chi connectivity index (χ2n) is 6.71. The maximum atomic E-state index is 12.7. The first kappa shape index (κ1) is 20.9. The molecule has 1 fully saturated rings. The lowest BCUT2D eigenvalue weighted by Gasteiger charge is -2.11. The Morgan fingerprint density at radius 1 is 1.13 bits per heavy atom. The van der Waals surface area contributed by atoms with Crippen molar-refractivity contribution in [1.29, 1.82) is 0 Å². The minimum atomic E-state index is -1.09. The van der Waals surface area contributed by atoms with E-state index in [4.69, 9.17) is 16.0 Å². The van der Waals surface area contributed by atoms with Gasteiger partial charge >= 0.3 is 12.0 Å². The smallest absolute Gasteiger partial charge is 0.335 e. The van der Waals surface area contributed by atoms with Gasteiger partial charge in [-0.2, -0.15) is 0 Å². The largest absolute Gasteiger partial charge is 0.478 e. The molecule has 31 heavy (non-hydrogen) atoms. The molecule has 0 bridgehead atoms. The molecule has 3 amide bonds. The molecule has 4 rings (SSSR count). The molecule has 156 valence electrons. The number of nitrogens with zero attached hydrogens (tertiary/aromatic N) is 1. The minimum absolute atomic E-state index is 0.0672. The fourth-order valence-electron chi connectivity index (χ4n) is 3.05. The van der Waals surface area contributed by atoms with Crippen LogP contribution in [0.3, 0.4) is 0 Å². The monoisotopic (exact) mass is 500 g/mol. The SMILES string of the molecule is O=C(O)c1ccc(Cl)c(-c2ccc(/C=C3/NC(=O)N(Cc4ccc(Br)cc4)C3=O)o2)c1. The van der Waals surface area contributed by atoms with Crippen molar-refractivity contribution in [3.8, 4) is 11.3 Å². The van der Waals surface area contributed by atoms with Crippen LogP contribution in [0.4, 0.5) is 4.79 Å². The van der Waals surface area contributed by atoms with Crippen LogP contribution in [-0.4, -0.2) is 27.9 Å². The molecule has 7 nitrogen and oxygen atoms in total. The second-order valence-corrected chi connectivity index (χ2v) is 8.03. The summed E-state index contributed by atoms with van der Waals surface area (Å²) < 4.78 is 6.62. The zero-order chi connectivity index (χ0) is 22.1. The fourth-order valence-corrected chi connectivity index (χ4v) is 3.53. The van der Waals surface area contributed by atoms with Crippen LogP contribution in [0.5, 0.6) is 0 Å². The highest BCUT2D eigenvalue weighted by Gasteiger charge is 2.33. The molecule has 0 aliphatic carbocycles. The maximum Gasteiger partial charge on any atom is 0.335 e. The number of aromatic carboxylic acids is 1. The Bertz CT molecular complexity index is 1230. The van der Waals surface area contributed by atoms with E-state index in [2.05, 4.69) is 21.2 Å². The number of hydrogen-bond donors (Lipinski definition) is 2. The van der Waals surface area contributed by atoms with E-state index >= 15 is 0 Å². The molecule has 2 N–H and O–H groups in total. The van der Waals surface area contributed by atoms with Crippen LogP contribution in [0.25, 0.3) is 17.4 Å². The number of furan rings is 1. The molecule has 2 heterocycles. The highest BCUT2D eigenvalue weighted by atomic mass is 79.9. The second kappa shape index (κ2) is 8.41. The lowest BCUT2D eigenvalue weighted by atomic mass is 10.1. The third kappa shape index (κ3) is 4.40. The Kier molecular flexibility index (Phi) is 5.67. The van der Waals surface area contributed by atoms with Crippen molar-refractivity contribution >= 4 is 51.5 Å². The van der Waals surface area contributed by atoms with Crippen LogP contribution in [-0.2, 0) is 11.3 Å². The van der Waals surface area contributed by atoms with Gasteiger partial charge in [0, 0.05) is 16.1 Å². The van der Waals surface area contributed by atoms with Crippen LogP contribution in [0.2, 0.25) is 5.02 Å². The molecule has 3 aromatic rings. The summed E-state index contributed by atoms with van der Waals surface area (Å²) in [6.07, 6.45) is 1.42. The zero-order valence-corrected chi connectivity index (χ0v) is 18.1. The van der Waals surface area contributed by atoms with Gasteiger partial charge in [0.25, 0.3) is 5.91 Å². The van der Waals surface area contributed by atoms with Crippen molar-refractivity contribution in [2.24, 2.45) is 0 Å². The lowest BCUT2D eigenvalue weighted by Crippen LogP contribution is -2.30. The van der Waals surface area contributed by atoms with Crippen LogP contribution in [0.1, 0.15) is 21.7 Å². The topological polar surface area (TPSA) is 99.9 Å². The molecule has 0 spiro atoms. The van der Waals surface area contributed by atoms with Gasteiger partial charge in [-0.05, 0) is 48.0 Å². The van der Waals surface area contributed by atoms with Crippen molar-refractivity contribution < 1.29 is 23.9 Å². The third-order valence-electron chi connectivity index (χ3n) is 4.61. The average molecular weight is 502 g/mol. The van der Waals surface area contributed by atoms with Gasteiger partial charge in [0.2, 0.25) is 0 Å². The fraction of sp³-hybridized carbons (Fsp3) is 0.0455. The Balaban J connectivity index is 1.56. The first-order valence-electron chi connectivity index (χ1n) is 9.04. The summed E-state index contributed by atoms with van der Waals surface area (Å²) in [6.45, 7) is 0.135. The molecule has 0 saturated carbocycles. The first-order valence-corrected chi connectivity index (χ1v) is 10.2. The lowest BCUT2D eigenvalue weighted by molar-refractivity contribution is -0.123. The van der Waals surface area contributed by atoms with Gasteiger partial charge in [-0.15, -0.1) is 0 Å². The number of benzene rings is 2. The van der Waals surface area contributed by atoms with Crippen LogP contribution in [0.15, 0.2) is 69.2 Å². The molecule has 1 aliphatic heterocycles. The molecular formula is C22H14BrClN2O5. The number of halogens is 2. The molecule has 0 atom stereocenters. The third-order valence-corrected chi connectivity index (χ3v) is 5.47. The summed E-state index contributed by atoms with van der Waals surface area (Å²) in [6, 6.07) is 14.3. The summed E-state index contributed by atoms with van der Waals surface area (Å²) in [5, 5.41) is 12.0. The van der Waals surface area contributed by atoms with Crippen molar-refractivity contribution in [1.82, 2.24) is 10.2 Å². The van der Waals surface area contributed by atoms with E-state index in [0.29, 0.717) is 22.1 Å². The van der Waals surface area contributed by atoms with Gasteiger partial charge in [0.05, 0.1) is 17.1 Å². The minimum Gasteiger partial charge on any atom is -0.478 e. The van der Waals surface area contributed by atoms with E-state index in [0.717, 1.165) is 14.9 Å². The Labute approximate surface area is 190 Å². The predicted octanol–water partition coefficient (Wildman–Crippen LogP) is 5.15. The van der Waals surface area contributed by atoms with Gasteiger partial charge in [-0.3, -0.25) is 9.69 Å². The molecule has 0 unspecified atom stereocenters. The van der Waals surface area contributed by atoms with E-state index in [1.54, 1.807) is 12.1 Å². The first-order chi connectivity index (χ1) is 14.8. The number of imide groups is 1. The van der Waals surface area contributed by atoms with Crippen LogP contribution in [0, 0.1) is 0 Å². The summed E-state index contributed by atoms with van der Waals surface area (Å²) in [7, 11) is 0. The predicted molar refractivity (Wildman–Crippen MR) is 117 cm³/mol. The number of carbonyl (C=O) groups excluding carboxylic acids is 2. The Hall–Kier alpha value is -3.36. The van der Waals surface area contributed by atoms with Crippen molar-refractivity contribution in [2.75, 3.05) is 0 Å². The van der Waals surface area contributed by atoms with E-state index in [9.17, 15) is 19.5 Å². The Morgan fingerprint density at radius 2 is 1.87 bits per heavy atom. The van der Waals surface area contributed by atoms with E-state index in [1.165, 1.54) is 24.3 Å². The van der Waals surface area contributed by atoms with Gasteiger partial charge in [0.1, 0.15) is 17.2 Å². The number of hydrogen-bond acceptors (Lipinski definition) is 4. The van der Waals surface area contributed by atoms with Gasteiger partial charge in [-0.25, -0.2) is 9.59 Å². The summed E-state index contributed by atoms with van der Waals surface area (Å²) in [5.41, 5.74) is 1.36. The van der Waals surface area contributed by atoms with Crippen molar-refractivity contribution in [3.63, 3.8) is 0 Å². The molecular weight excluding hydrogens is 488 g/mol. The quantitative estimate of drug-likeness (QED) is 0.372. The number of urea groups is 1. The molecule has 0 radical (unpaired) electrons. The standard InChI is InChI=1S/C22H14BrClN2O5/c23-14-4-1-12(2-5-14)11-26-20(27)18(25-22(26)30)10-15-6-8-19(31-15)16-9-13(21(28)29)3-7-17(16)24/h1-10H,11H2,(H,25,30)(H,28,29)/b18-10+. The van der Waals surface area contributed by atoms with Gasteiger partial charge in [-0.1, -0.05) is 39.7 Å². The number of amides is 3. The molecule has 1 aliphatic rings. The average Bonchev–Trinajstić information content (AvgIpc) is 3.30. The highest BCUT2D eigenvalue weighted by molar-refractivity contribution is 9.10. The maximum absolute atomic E-state index is 12.7. The normalized spacial score (nSPS) is 14.9. The van der Waals surface area contributed by atoms with Crippen molar-refractivity contribution in [3.05, 3.63) is 86.7 Å². The summed E-state index contributed by atoms with van der Waals surface area (Å²) in [4.78, 5) is 37.3. The van der Waals surface area contributed by atoms with Gasteiger partial charge < -0.3 is 14.8 Å². The highest BCUT2D eigenvalue weighted by Crippen LogP contribution is 2.31. The molecule has 9 heteroatoms. The van der Waals surface area contributed by atoms with E-state index in [1.807, 2.05) is 24.3 Å². The van der Waals surface area contributed by atoms with Crippen LogP contribution >= 0.6 is 27.5 Å². The Morgan fingerprint density at radius 3 is 2.58 bits per heavy atom. The number of carboxylic acids is 1. The van der Waals surface area contributed by atoms with E-state index < -0.39 is 17.9 Å². The molecule has 1 aromatic heterocycles. The summed E-state index contributed by atoms with van der Waals surface area (Å²) in [5.74, 6) is -0.918. The van der Waals surface area contributed by atoms with E-state index in [-0.39, 0.29) is 17.8 Å². The number of rotatable bonds is 5. The summed E-state index contributed by atoms with van der Waals surface area (Å²) >= 11 is 9.52. The number of carboxylic acid groups (broad SMARTS) is 1. The number of carbonyl (C=O) groups is 3. The molecule has 2 aromatic carbocycles. The molecule has 1 saturated heterocycles. The van der Waals surface area contributed by atoms with Crippen molar-refractivity contribution in [2.45, 2.75) is 6.54 Å². The zero-order valence-electron chi connectivity index (χ0n) is 15.8. The van der Waals surface area contributed by atoms with Crippen LogP contribution < -0.4 is 5.32 Å².